The van der Waals surface area contributed by atoms with Crippen LogP contribution in [0.15, 0.2) is 91.0 Å². The van der Waals surface area contributed by atoms with E-state index in [-0.39, 0.29) is 5.15 Å². The van der Waals surface area contributed by atoms with E-state index in [1.807, 2.05) is 54.6 Å². The summed E-state index contributed by atoms with van der Waals surface area (Å²) in [6.45, 7) is 1.77. The van der Waals surface area contributed by atoms with Crippen LogP contribution < -0.4 is 10.7 Å². The Morgan fingerprint density at radius 2 is 1.23 bits per heavy atom. The van der Waals surface area contributed by atoms with E-state index in [1.54, 1.807) is 14.0 Å². The van der Waals surface area contributed by atoms with Gasteiger partial charge in [0, 0.05) is 0 Å². The molecule has 0 bridgehead atoms. The standard InChI is InChI=1S/C6H7ClN2O2.3C6H5.Sn/c1-3-4(6(10)11)5(7)9(2)8-3;3*1-2-4-6-5-3-1;/h1-2H3,(H,10,11);3*1-5H;/q;;;;+1/p-1. The summed E-state index contributed by atoms with van der Waals surface area (Å²) in [5.74, 6) is -0.432. The van der Waals surface area contributed by atoms with Crippen LogP contribution in [0.1, 0.15) is 16.1 Å². The Morgan fingerprint density at radius 1 is 0.833 bits per heavy atom. The molecule has 4 rings (SSSR count). The molecule has 0 amide bonds. The number of rotatable bonds is 5. The van der Waals surface area contributed by atoms with Crippen molar-refractivity contribution in [3.05, 3.63) is 107 Å². The Hall–Kier alpha value is -2.57. The fraction of sp³-hybridized carbons (Fsp3) is 0.0833. The molecule has 0 atom stereocenters. The van der Waals surface area contributed by atoms with Crippen molar-refractivity contribution in [2.75, 3.05) is 0 Å². The molecule has 0 N–H and O–H groups in total. The number of nitrogens with zero attached hydrogens (tertiary/aromatic N) is 2. The second-order valence-corrected chi connectivity index (χ2v) is 16.8. The van der Waals surface area contributed by atoms with Gasteiger partial charge >= 0.3 is 186 Å². The molecule has 1 heterocycles. The first-order valence-corrected chi connectivity index (χ1v) is 15.5. The second kappa shape index (κ2) is 8.66. The van der Waals surface area contributed by atoms with Crippen LogP contribution in [0.4, 0.5) is 0 Å². The summed E-state index contributed by atoms with van der Waals surface area (Å²) in [4.78, 5) is 13.5. The average Bonchev–Trinajstić information content (AvgIpc) is 3.05. The van der Waals surface area contributed by atoms with Gasteiger partial charge in [-0.1, -0.05) is 0 Å². The molecule has 150 valence electrons. The van der Waals surface area contributed by atoms with E-state index < -0.39 is 24.8 Å². The summed E-state index contributed by atoms with van der Waals surface area (Å²) in [5.41, 5.74) is 0.880. The minimum atomic E-state index is -4.18. The van der Waals surface area contributed by atoms with Gasteiger partial charge in [0.25, 0.3) is 0 Å². The Morgan fingerprint density at radius 3 is 1.57 bits per heavy atom. The van der Waals surface area contributed by atoms with Crippen molar-refractivity contribution in [3.8, 4) is 0 Å². The number of halogens is 1. The first-order chi connectivity index (χ1) is 14.5. The zero-order chi connectivity index (χ0) is 21.1. The summed E-state index contributed by atoms with van der Waals surface area (Å²) >= 11 is 2.22. The van der Waals surface area contributed by atoms with Crippen molar-refractivity contribution in [2.24, 2.45) is 7.05 Å². The molecule has 0 aliphatic carbocycles. The average molecular weight is 524 g/mol. The molecule has 0 aliphatic rings. The Balaban J connectivity index is 1.97. The summed E-state index contributed by atoms with van der Waals surface area (Å²) in [5, 5.41) is 4.57. The van der Waals surface area contributed by atoms with Gasteiger partial charge in [0.2, 0.25) is 0 Å². The zero-order valence-corrected chi connectivity index (χ0v) is 20.4. The number of aryl methyl sites for hydroxylation is 2. The molecule has 0 spiro atoms. The predicted octanol–water partition coefficient (Wildman–Crippen LogP) is 3.21. The van der Waals surface area contributed by atoms with E-state index in [0.29, 0.717) is 11.3 Å². The zero-order valence-electron chi connectivity index (χ0n) is 16.7. The molecule has 1 aromatic heterocycles. The van der Waals surface area contributed by atoms with E-state index in [2.05, 4.69) is 41.5 Å². The van der Waals surface area contributed by atoms with E-state index in [0.717, 1.165) is 10.7 Å². The summed E-state index contributed by atoms with van der Waals surface area (Å²) < 4.78 is 11.2. The van der Waals surface area contributed by atoms with Crippen molar-refractivity contribution < 1.29 is 7.87 Å². The minimum absolute atomic E-state index is 0.284. The SMILES string of the molecule is Cc1nn(C)c(Cl)c1C(=O)[O][Sn]([c]1ccccc1)([c]1ccccc1)[c]1ccccc1. The van der Waals surface area contributed by atoms with Crippen LogP contribution in [-0.2, 0) is 10.1 Å². The fourth-order valence-corrected chi connectivity index (χ4v) is 14.6. The van der Waals surface area contributed by atoms with Crippen LogP contribution in [0.25, 0.3) is 0 Å². The molecule has 6 heteroatoms. The Kier molecular flexibility index (Phi) is 5.97. The van der Waals surface area contributed by atoms with Gasteiger partial charge in [0.05, 0.1) is 0 Å². The molecule has 0 fully saturated rings. The van der Waals surface area contributed by atoms with E-state index in [9.17, 15) is 4.79 Å². The molecule has 0 aliphatic heterocycles. The number of carbonyl (C=O) groups excluding carboxylic acids is 1. The summed E-state index contributed by atoms with van der Waals surface area (Å²) in [6, 6.07) is 30.2. The monoisotopic (exact) mass is 524 g/mol. The van der Waals surface area contributed by atoms with Gasteiger partial charge in [-0.2, -0.15) is 0 Å². The van der Waals surface area contributed by atoms with Gasteiger partial charge in [-0.3, -0.25) is 0 Å². The van der Waals surface area contributed by atoms with E-state index in [1.165, 1.54) is 4.68 Å². The molecule has 0 saturated carbocycles. The van der Waals surface area contributed by atoms with Crippen LogP contribution in [0.5, 0.6) is 0 Å². The van der Waals surface area contributed by atoms with Crippen LogP contribution in [0.3, 0.4) is 0 Å². The van der Waals surface area contributed by atoms with Crippen molar-refractivity contribution >= 4 is 47.1 Å². The van der Waals surface area contributed by atoms with Crippen molar-refractivity contribution in [2.45, 2.75) is 6.92 Å². The number of hydrogen-bond acceptors (Lipinski definition) is 3. The second-order valence-electron chi connectivity index (χ2n) is 7.04. The van der Waals surface area contributed by atoms with Crippen LogP contribution in [0, 0.1) is 6.92 Å². The van der Waals surface area contributed by atoms with Crippen LogP contribution in [-0.4, -0.2) is 34.5 Å². The van der Waals surface area contributed by atoms with Crippen molar-refractivity contribution in [3.63, 3.8) is 0 Å². The molecule has 30 heavy (non-hydrogen) atoms. The van der Waals surface area contributed by atoms with Gasteiger partial charge < -0.3 is 0 Å². The Labute approximate surface area is 185 Å². The van der Waals surface area contributed by atoms with Crippen LogP contribution in [0.2, 0.25) is 5.15 Å². The molecular formula is C24H21ClN2O2Sn. The fourth-order valence-electron chi connectivity index (χ4n) is 3.75. The van der Waals surface area contributed by atoms with Gasteiger partial charge in [-0.15, -0.1) is 0 Å². The number of carbonyl (C=O) groups is 1. The molecule has 4 nitrogen and oxygen atoms in total. The molecular weight excluding hydrogens is 502 g/mol. The molecule has 0 unspecified atom stereocenters. The molecule has 3 aromatic carbocycles. The maximum absolute atomic E-state index is 13.5. The maximum atomic E-state index is 13.5. The van der Waals surface area contributed by atoms with Gasteiger partial charge in [-0.05, 0) is 0 Å². The summed E-state index contributed by atoms with van der Waals surface area (Å²) in [7, 11) is 1.72. The third-order valence-electron chi connectivity index (χ3n) is 5.14. The summed E-state index contributed by atoms with van der Waals surface area (Å²) in [6.07, 6.45) is 0. The van der Waals surface area contributed by atoms with Crippen molar-refractivity contribution in [1.82, 2.24) is 9.78 Å². The van der Waals surface area contributed by atoms with Gasteiger partial charge in [0.1, 0.15) is 0 Å². The third-order valence-corrected chi connectivity index (χ3v) is 16.8. The van der Waals surface area contributed by atoms with Gasteiger partial charge in [0.15, 0.2) is 0 Å². The van der Waals surface area contributed by atoms with Crippen LogP contribution >= 0.6 is 11.6 Å². The van der Waals surface area contributed by atoms with E-state index in [4.69, 9.17) is 14.7 Å². The number of aromatic nitrogens is 2. The Bertz CT molecular complexity index is 1070. The molecule has 4 aromatic rings. The van der Waals surface area contributed by atoms with Crippen molar-refractivity contribution in [1.29, 1.82) is 0 Å². The first-order valence-electron chi connectivity index (χ1n) is 9.63. The van der Waals surface area contributed by atoms with E-state index >= 15 is 0 Å². The van der Waals surface area contributed by atoms with Gasteiger partial charge in [-0.25, -0.2) is 0 Å². The third kappa shape index (κ3) is 3.66. The number of benzene rings is 3. The molecule has 0 saturated heterocycles. The topological polar surface area (TPSA) is 44.1 Å². The number of hydrogen-bond donors (Lipinski definition) is 0. The quantitative estimate of drug-likeness (QED) is 0.378. The molecule has 0 radical (unpaired) electrons. The normalized spacial score (nSPS) is 11.3. The predicted molar refractivity (Wildman–Crippen MR) is 122 cm³/mol. The first kappa shape index (κ1) is 20.7.